The van der Waals surface area contributed by atoms with Gasteiger partial charge in [-0.05, 0) is 24.3 Å². The Balaban J connectivity index is 2.00. The summed E-state index contributed by atoms with van der Waals surface area (Å²) in [6.45, 7) is 0. The lowest BCUT2D eigenvalue weighted by molar-refractivity contribution is 0.0823. The molecule has 4 N–H and O–H groups in total. The summed E-state index contributed by atoms with van der Waals surface area (Å²) >= 11 is 1.33. The van der Waals surface area contributed by atoms with Gasteiger partial charge in [0.1, 0.15) is 4.88 Å². The maximum Gasteiger partial charge on any atom is 0.263 e. The number of anilines is 1. The summed E-state index contributed by atoms with van der Waals surface area (Å²) in [6, 6.07) is 1.59. The minimum Gasteiger partial charge on any atom is -0.397 e. The Labute approximate surface area is 105 Å². The number of nitrogens with one attached hydrogen (secondary N) is 1. The van der Waals surface area contributed by atoms with Gasteiger partial charge < -0.3 is 16.2 Å². The summed E-state index contributed by atoms with van der Waals surface area (Å²) in [5.74, 6) is -0.163. The van der Waals surface area contributed by atoms with Gasteiger partial charge in [0.2, 0.25) is 0 Å². The number of thiophene rings is 1. The third-order valence-electron chi connectivity index (χ3n) is 3.20. The van der Waals surface area contributed by atoms with E-state index in [9.17, 15) is 9.90 Å². The molecule has 0 saturated heterocycles. The van der Waals surface area contributed by atoms with Gasteiger partial charge in [-0.15, -0.1) is 11.3 Å². The summed E-state index contributed by atoms with van der Waals surface area (Å²) < 4.78 is 0. The van der Waals surface area contributed by atoms with Crippen molar-refractivity contribution in [2.24, 2.45) is 0 Å². The van der Waals surface area contributed by atoms with Crippen LogP contribution >= 0.6 is 11.3 Å². The van der Waals surface area contributed by atoms with Crippen molar-refractivity contribution in [3.8, 4) is 0 Å². The number of hydrogen-bond acceptors (Lipinski definition) is 4. The van der Waals surface area contributed by atoms with Gasteiger partial charge in [-0.1, -0.05) is 19.3 Å². The Morgan fingerprint density at radius 2 is 2.18 bits per heavy atom. The average molecular weight is 254 g/mol. The molecule has 2 rings (SSSR count). The van der Waals surface area contributed by atoms with Crippen LogP contribution in [0.3, 0.4) is 0 Å². The fraction of sp³-hybridized carbons (Fsp3) is 0.583. The van der Waals surface area contributed by atoms with E-state index in [0.717, 1.165) is 32.1 Å². The predicted octanol–water partition coefficient (Wildman–Crippen LogP) is 1.75. The Bertz CT molecular complexity index is 392. The molecule has 1 fully saturated rings. The van der Waals surface area contributed by atoms with E-state index in [1.165, 1.54) is 11.3 Å². The lowest BCUT2D eigenvalue weighted by Gasteiger charge is -2.21. The van der Waals surface area contributed by atoms with E-state index in [4.69, 9.17) is 5.73 Å². The van der Waals surface area contributed by atoms with Gasteiger partial charge in [-0.25, -0.2) is 0 Å². The highest BCUT2D eigenvalue weighted by atomic mass is 32.1. The molecule has 2 unspecified atom stereocenters. The summed E-state index contributed by atoms with van der Waals surface area (Å²) in [6.07, 6.45) is 4.41. The van der Waals surface area contributed by atoms with Crippen LogP contribution in [-0.4, -0.2) is 23.2 Å². The maximum atomic E-state index is 12.0. The number of carbonyl (C=O) groups is 1. The standard InChI is InChI=1S/C12H18N2O2S/c13-8-6-7-17-11(8)12(16)14-9-4-2-1-3-5-10(9)15/h6-7,9-10,15H,1-5,13H2,(H,14,16). The third kappa shape index (κ3) is 2.98. The van der Waals surface area contributed by atoms with Crippen LogP contribution in [0.5, 0.6) is 0 Å². The number of amides is 1. The summed E-state index contributed by atoms with van der Waals surface area (Å²) in [7, 11) is 0. The molecule has 1 aliphatic rings. The quantitative estimate of drug-likeness (QED) is 0.704. The molecule has 1 aromatic heterocycles. The molecule has 94 valence electrons. The molecule has 0 spiro atoms. The number of carbonyl (C=O) groups excluding carboxylic acids is 1. The third-order valence-corrected chi connectivity index (χ3v) is 4.13. The summed E-state index contributed by atoms with van der Waals surface area (Å²) in [5.41, 5.74) is 6.21. The number of hydrogen-bond donors (Lipinski definition) is 3. The monoisotopic (exact) mass is 254 g/mol. The van der Waals surface area contributed by atoms with E-state index in [-0.39, 0.29) is 11.9 Å². The Morgan fingerprint density at radius 3 is 2.88 bits per heavy atom. The van der Waals surface area contributed by atoms with Crippen LogP contribution < -0.4 is 11.1 Å². The molecule has 1 heterocycles. The first-order valence-corrected chi connectivity index (χ1v) is 6.88. The lowest BCUT2D eigenvalue weighted by atomic mass is 10.1. The molecule has 17 heavy (non-hydrogen) atoms. The van der Waals surface area contributed by atoms with Crippen molar-refractivity contribution in [2.45, 2.75) is 44.2 Å². The molecule has 1 saturated carbocycles. The lowest BCUT2D eigenvalue weighted by Crippen LogP contribution is -2.42. The number of nitrogen functional groups attached to an aromatic ring is 1. The zero-order chi connectivity index (χ0) is 12.3. The van der Waals surface area contributed by atoms with Gasteiger partial charge in [-0.3, -0.25) is 4.79 Å². The number of rotatable bonds is 2. The largest absolute Gasteiger partial charge is 0.397 e. The van der Waals surface area contributed by atoms with Crippen molar-refractivity contribution in [3.05, 3.63) is 16.3 Å². The molecule has 1 amide bonds. The summed E-state index contributed by atoms with van der Waals surface area (Å²) in [4.78, 5) is 12.5. The number of nitrogens with two attached hydrogens (primary N) is 1. The van der Waals surface area contributed by atoms with Crippen molar-refractivity contribution >= 4 is 22.9 Å². The minimum absolute atomic E-state index is 0.133. The zero-order valence-corrected chi connectivity index (χ0v) is 10.5. The molecule has 5 heteroatoms. The van der Waals surface area contributed by atoms with E-state index in [1.54, 1.807) is 11.4 Å². The Hall–Kier alpha value is -1.07. The minimum atomic E-state index is -0.428. The molecule has 0 aromatic carbocycles. The molecule has 0 bridgehead atoms. The number of aliphatic hydroxyl groups excluding tert-OH is 1. The Kier molecular flexibility index (Phi) is 4.02. The highest BCUT2D eigenvalue weighted by Crippen LogP contribution is 2.21. The van der Waals surface area contributed by atoms with Gasteiger partial charge in [0.15, 0.2) is 0 Å². The van der Waals surface area contributed by atoms with E-state index in [2.05, 4.69) is 5.32 Å². The molecular weight excluding hydrogens is 236 g/mol. The van der Waals surface area contributed by atoms with Gasteiger partial charge >= 0.3 is 0 Å². The van der Waals surface area contributed by atoms with E-state index in [0.29, 0.717) is 10.6 Å². The fourth-order valence-electron chi connectivity index (χ4n) is 2.19. The SMILES string of the molecule is Nc1ccsc1C(=O)NC1CCCCCC1O. The van der Waals surface area contributed by atoms with Crippen LogP contribution in [0, 0.1) is 0 Å². The van der Waals surface area contributed by atoms with Crippen molar-refractivity contribution in [3.63, 3.8) is 0 Å². The highest BCUT2D eigenvalue weighted by Gasteiger charge is 2.24. The van der Waals surface area contributed by atoms with Crippen molar-refractivity contribution in [1.82, 2.24) is 5.32 Å². The van der Waals surface area contributed by atoms with Gasteiger partial charge in [0.25, 0.3) is 5.91 Å². The first-order valence-electron chi connectivity index (χ1n) is 6.00. The molecule has 4 nitrogen and oxygen atoms in total. The van der Waals surface area contributed by atoms with Crippen LogP contribution in [0.25, 0.3) is 0 Å². The van der Waals surface area contributed by atoms with Crippen LogP contribution in [0.1, 0.15) is 41.8 Å². The van der Waals surface area contributed by atoms with Crippen LogP contribution in [-0.2, 0) is 0 Å². The van der Waals surface area contributed by atoms with Crippen LogP contribution in [0.4, 0.5) is 5.69 Å². The first kappa shape index (κ1) is 12.4. The van der Waals surface area contributed by atoms with Gasteiger partial charge in [0.05, 0.1) is 17.8 Å². The molecule has 0 aliphatic heterocycles. The maximum absolute atomic E-state index is 12.0. The van der Waals surface area contributed by atoms with Crippen molar-refractivity contribution in [2.75, 3.05) is 5.73 Å². The molecule has 0 radical (unpaired) electrons. The number of aliphatic hydroxyl groups is 1. The normalized spacial score (nSPS) is 25.2. The molecule has 2 atom stereocenters. The van der Waals surface area contributed by atoms with Crippen molar-refractivity contribution < 1.29 is 9.90 Å². The zero-order valence-electron chi connectivity index (χ0n) is 9.69. The fourth-order valence-corrected chi connectivity index (χ4v) is 2.91. The van der Waals surface area contributed by atoms with Crippen LogP contribution in [0.2, 0.25) is 0 Å². The summed E-state index contributed by atoms with van der Waals surface area (Å²) in [5, 5.41) is 14.6. The Morgan fingerprint density at radius 1 is 1.41 bits per heavy atom. The topological polar surface area (TPSA) is 75.4 Å². The molecule has 1 aliphatic carbocycles. The predicted molar refractivity (Wildman–Crippen MR) is 69.1 cm³/mol. The molecule has 1 aromatic rings. The smallest absolute Gasteiger partial charge is 0.263 e. The second kappa shape index (κ2) is 5.51. The van der Waals surface area contributed by atoms with E-state index < -0.39 is 6.10 Å². The van der Waals surface area contributed by atoms with E-state index >= 15 is 0 Å². The second-order valence-corrected chi connectivity index (χ2v) is 5.41. The van der Waals surface area contributed by atoms with E-state index in [1.807, 2.05) is 0 Å². The average Bonchev–Trinajstić information content (AvgIpc) is 2.63. The van der Waals surface area contributed by atoms with Crippen molar-refractivity contribution in [1.29, 1.82) is 0 Å². The molecular formula is C12H18N2O2S. The first-order chi connectivity index (χ1) is 8.18. The second-order valence-electron chi connectivity index (χ2n) is 4.49. The van der Waals surface area contributed by atoms with Gasteiger partial charge in [-0.2, -0.15) is 0 Å². The van der Waals surface area contributed by atoms with Gasteiger partial charge in [0, 0.05) is 0 Å². The van der Waals surface area contributed by atoms with Crippen LogP contribution in [0.15, 0.2) is 11.4 Å². The highest BCUT2D eigenvalue weighted by molar-refractivity contribution is 7.12.